The maximum Gasteiger partial charge on any atom is 0.282 e. The van der Waals surface area contributed by atoms with E-state index in [1.54, 1.807) is 30.3 Å². The summed E-state index contributed by atoms with van der Waals surface area (Å²) in [6.45, 7) is 5.39. The predicted molar refractivity (Wildman–Crippen MR) is 106 cm³/mol. The van der Waals surface area contributed by atoms with Gasteiger partial charge < -0.3 is 20.2 Å². The molecule has 3 N–H and O–H groups in total. The molecule has 1 fully saturated rings. The molecule has 0 radical (unpaired) electrons. The molecule has 138 valence electrons. The predicted octanol–water partition coefficient (Wildman–Crippen LogP) is 2.43. The highest BCUT2D eigenvalue weighted by atomic mass is 35.5. The van der Waals surface area contributed by atoms with Gasteiger partial charge in [-0.1, -0.05) is 23.2 Å². The van der Waals surface area contributed by atoms with Crippen LogP contribution in [0.4, 0.5) is 11.4 Å². The Morgan fingerprint density at radius 1 is 1.15 bits per heavy atom. The van der Waals surface area contributed by atoms with E-state index in [9.17, 15) is 9.90 Å². The molecular weight excluding hydrogens is 373 g/mol. The molecule has 0 aromatic heterocycles. The minimum Gasteiger partial charge on any atom is -0.508 e. The summed E-state index contributed by atoms with van der Waals surface area (Å²) in [5.74, 6) is 0.214. The molecule has 0 bridgehead atoms. The van der Waals surface area contributed by atoms with E-state index in [1.165, 1.54) is 4.90 Å². The molecule has 2 aromatic rings. The lowest BCUT2D eigenvalue weighted by atomic mass is 10.2. The number of rotatable bonds is 4. The van der Waals surface area contributed by atoms with E-state index in [1.807, 2.05) is 19.1 Å². The van der Waals surface area contributed by atoms with Crippen molar-refractivity contribution in [2.75, 3.05) is 36.4 Å². The first kappa shape index (κ1) is 18.8. The summed E-state index contributed by atoms with van der Waals surface area (Å²) < 4.78 is 0. The molecule has 7 heteroatoms. The smallest absolute Gasteiger partial charge is 0.282 e. The molecule has 1 aliphatic rings. The number of carbonyl (C=O) groups excluding carboxylic acids is 1. The zero-order valence-corrected chi connectivity index (χ0v) is 16.0. The second-order valence-electron chi connectivity index (χ2n) is 6.50. The van der Waals surface area contributed by atoms with E-state index in [-0.39, 0.29) is 17.7 Å². The Kier molecular flexibility index (Phi) is 5.91. The molecule has 2 aromatic carbocycles. The van der Waals surface area contributed by atoms with Gasteiger partial charge >= 0.3 is 0 Å². The molecule has 0 aliphatic carbocycles. The lowest BCUT2D eigenvalue weighted by Crippen LogP contribution is -3.19. The highest BCUT2D eigenvalue weighted by Gasteiger charge is 2.29. The van der Waals surface area contributed by atoms with Gasteiger partial charge in [-0.3, -0.25) is 4.79 Å². The summed E-state index contributed by atoms with van der Waals surface area (Å²) in [7, 11) is 0. The van der Waals surface area contributed by atoms with Crippen LogP contribution in [0.1, 0.15) is 6.92 Å². The number of carbonyl (C=O) groups is 1. The third kappa shape index (κ3) is 4.41. The van der Waals surface area contributed by atoms with Crippen molar-refractivity contribution in [2.24, 2.45) is 0 Å². The summed E-state index contributed by atoms with van der Waals surface area (Å²) >= 11 is 12.0. The van der Waals surface area contributed by atoms with Crippen LogP contribution in [-0.2, 0) is 4.79 Å². The molecule has 0 unspecified atom stereocenters. The fourth-order valence-corrected chi connectivity index (χ4v) is 3.62. The largest absolute Gasteiger partial charge is 0.508 e. The number of hydrogen-bond donors (Lipinski definition) is 3. The van der Waals surface area contributed by atoms with Crippen molar-refractivity contribution < 1.29 is 14.8 Å². The van der Waals surface area contributed by atoms with Crippen molar-refractivity contribution in [1.82, 2.24) is 0 Å². The first-order chi connectivity index (χ1) is 12.4. The Morgan fingerprint density at radius 2 is 1.81 bits per heavy atom. The third-order valence-corrected chi connectivity index (χ3v) is 5.36. The normalized spacial score (nSPS) is 16.3. The van der Waals surface area contributed by atoms with Gasteiger partial charge in [0, 0.05) is 10.7 Å². The monoisotopic (exact) mass is 394 g/mol. The number of nitrogens with zero attached hydrogens (tertiary/aromatic N) is 1. The van der Waals surface area contributed by atoms with Gasteiger partial charge in [-0.25, -0.2) is 0 Å². The van der Waals surface area contributed by atoms with Crippen molar-refractivity contribution in [1.29, 1.82) is 0 Å². The van der Waals surface area contributed by atoms with Gasteiger partial charge in [-0.2, -0.15) is 0 Å². The van der Waals surface area contributed by atoms with E-state index < -0.39 is 0 Å². The van der Waals surface area contributed by atoms with Gasteiger partial charge in [0.2, 0.25) is 0 Å². The molecule has 1 atom stereocenters. The molecule has 1 aliphatic heterocycles. The van der Waals surface area contributed by atoms with Crippen molar-refractivity contribution in [2.45, 2.75) is 13.0 Å². The molecule has 26 heavy (non-hydrogen) atoms. The third-order valence-electron chi connectivity index (χ3n) is 4.82. The van der Waals surface area contributed by atoms with Gasteiger partial charge in [0.15, 0.2) is 6.04 Å². The fourth-order valence-electron chi connectivity index (χ4n) is 3.17. The van der Waals surface area contributed by atoms with E-state index in [0.717, 1.165) is 31.9 Å². The van der Waals surface area contributed by atoms with Gasteiger partial charge in [-0.05, 0) is 49.4 Å². The Morgan fingerprint density at radius 3 is 2.42 bits per heavy atom. The second kappa shape index (κ2) is 8.16. The van der Waals surface area contributed by atoms with Gasteiger partial charge in [-0.15, -0.1) is 0 Å². The quantitative estimate of drug-likeness (QED) is 0.746. The number of benzene rings is 2. The number of aromatic hydroxyl groups is 1. The summed E-state index contributed by atoms with van der Waals surface area (Å²) in [4.78, 5) is 16.1. The second-order valence-corrected chi connectivity index (χ2v) is 7.34. The Bertz CT molecular complexity index is 775. The molecule has 0 saturated carbocycles. The summed E-state index contributed by atoms with van der Waals surface area (Å²) in [6, 6.07) is 12.1. The maximum absolute atomic E-state index is 12.6. The summed E-state index contributed by atoms with van der Waals surface area (Å²) in [5, 5.41) is 13.3. The number of phenols is 1. The number of hydrogen-bond acceptors (Lipinski definition) is 3. The zero-order chi connectivity index (χ0) is 18.7. The number of amides is 1. The molecule has 1 saturated heterocycles. The summed E-state index contributed by atoms with van der Waals surface area (Å²) in [6.07, 6.45) is 0. The van der Waals surface area contributed by atoms with Crippen LogP contribution in [0, 0.1) is 0 Å². The van der Waals surface area contributed by atoms with Gasteiger partial charge in [0.05, 0.1) is 36.9 Å². The zero-order valence-electron chi connectivity index (χ0n) is 14.5. The van der Waals surface area contributed by atoms with Crippen molar-refractivity contribution in [3.63, 3.8) is 0 Å². The molecule has 0 spiro atoms. The first-order valence-electron chi connectivity index (χ1n) is 8.58. The lowest BCUT2D eigenvalue weighted by Gasteiger charge is -2.36. The molecule has 5 nitrogen and oxygen atoms in total. The highest BCUT2D eigenvalue weighted by Crippen LogP contribution is 2.25. The van der Waals surface area contributed by atoms with Crippen LogP contribution in [0.25, 0.3) is 0 Å². The summed E-state index contributed by atoms with van der Waals surface area (Å²) in [5.41, 5.74) is 1.67. The minimum atomic E-state index is -0.177. The van der Waals surface area contributed by atoms with Crippen LogP contribution in [0.2, 0.25) is 10.0 Å². The van der Waals surface area contributed by atoms with Crippen LogP contribution in [0.3, 0.4) is 0 Å². The molecular formula is C19H22Cl2N3O2+. The Hall–Kier alpha value is -1.95. The van der Waals surface area contributed by atoms with Crippen LogP contribution >= 0.6 is 23.2 Å². The first-order valence-corrected chi connectivity index (χ1v) is 9.34. The van der Waals surface area contributed by atoms with Crippen LogP contribution in [0.15, 0.2) is 42.5 Å². The van der Waals surface area contributed by atoms with Crippen molar-refractivity contribution in [3.05, 3.63) is 52.5 Å². The van der Waals surface area contributed by atoms with Crippen LogP contribution < -0.4 is 15.1 Å². The molecule has 1 amide bonds. The SMILES string of the molecule is C[C@@H](C(=O)Nc1ccc(Cl)cc1Cl)[NH+]1CCN(c2ccc(O)cc2)CC1. The number of phenolic OH excluding ortho intramolecular Hbond substituents is 1. The van der Waals surface area contributed by atoms with E-state index in [2.05, 4.69) is 10.2 Å². The Labute approximate surface area is 163 Å². The van der Waals surface area contributed by atoms with E-state index in [0.29, 0.717) is 15.7 Å². The standard InChI is InChI=1S/C19H21Cl2N3O2/c1-13(19(26)22-18-7-2-14(20)12-17(18)21)23-8-10-24(11-9-23)15-3-5-16(25)6-4-15/h2-7,12-13,25H,8-11H2,1H3,(H,22,26)/p+1/t13-/m0/s1. The topological polar surface area (TPSA) is 57.0 Å². The van der Waals surface area contributed by atoms with Crippen molar-refractivity contribution in [3.8, 4) is 5.75 Å². The number of anilines is 2. The van der Waals surface area contributed by atoms with Gasteiger partial charge in [0.1, 0.15) is 5.75 Å². The average molecular weight is 395 g/mol. The maximum atomic E-state index is 12.6. The van der Waals surface area contributed by atoms with Crippen LogP contribution in [-0.4, -0.2) is 43.2 Å². The highest BCUT2D eigenvalue weighted by molar-refractivity contribution is 6.36. The lowest BCUT2D eigenvalue weighted by molar-refractivity contribution is -0.914. The molecule has 1 heterocycles. The fraction of sp³-hybridized carbons (Fsp3) is 0.316. The van der Waals surface area contributed by atoms with Gasteiger partial charge in [0.25, 0.3) is 5.91 Å². The number of nitrogens with one attached hydrogen (secondary N) is 2. The van der Waals surface area contributed by atoms with E-state index >= 15 is 0 Å². The van der Waals surface area contributed by atoms with E-state index in [4.69, 9.17) is 23.2 Å². The number of quaternary nitrogens is 1. The molecule has 3 rings (SSSR count). The van der Waals surface area contributed by atoms with Crippen LogP contribution in [0.5, 0.6) is 5.75 Å². The number of halogens is 2. The van der Waals surface area contributed by atoms with Crippen molar-refractivity contribution >= 4 is 40.5 Å². The Balaban J connectivity index is 1.56. The minimum absolute atomic E-state index is 0.0534. The average Bonchev–Trinajstić information content (AvgIpc) is 2.64. The number of piperazine rings is 1.